The monoisotopic (exact) mass is 471 g/mol. The maximum absolute atomic E-state index is 13.0. The lowest BCUT2D eigenvalue weighted by Gasteiger charge is -2.39. The van der Waals surface area contributed by atoms with Gasteiger partial charge in [0.15, 0.2) is 0 Å². The van der Waals surface area contributed by atoms with Gasteiger partial charge in [0, 0.05) is 49.6 Å². The summed E-state index contributed by atoms with van der Waals surface area (Å²) in [6.07, 6.45) is 5.09. The van der Waals surface area contributed by atoms with Crippen molar-refractivity contribution in [2.75, 3.05) is 32.1 Å². The van der Waals surface area contributed by atoms with E-state index < -0.39 is 10.0 Å². The number of carbonyl (C=O) groups is 1. The first-order valence-corrected chi connectivity index (χ1v) is 12.5. The third-order valence-corrected chi connectivity index (χ3v) is 7.62. The number of sulfonamides is 1. The zero-order valence-corrected chi connectivity index (χ0v) is 20.2. The van der Waals surface area contributed by atoms with Gasteiger partial charge in [-0.25, -0.2) is 9.97 Å². The molecule has 0 N–H and O–H groups in total. The van der Waals surface area contributed by atoms with Crippen molar-refractivity contribution >= 4 is 28.1 Å². The number of nitrogens with zero attached hydrogens (tertiary/aromatic N) is 5. The van der Waals surface area contributed by atoms with Crippen molar-refractivity contribution in [2.24, 2.45) is 4.40 Å². The Bertz CT molecular complexity index is 1210. The molecule has 2 aromatic rings. The molecule has 1 aromatic heterocycles. The van der Waals surface area contributed by atoms with Gasteiger partial charge in [-0.05, 0) is 50.8 Å². The molecule has 176 valence electrons. The highest BCUT2D eigenvalue weighted by Crippen LogP contribution is 2.36. The van der Waals surface area contributed by atoms with Crippen LogP contribution in [0.3, 0.4) is 0 Å². The van der Waals surface area contributed by atoms with E-state index in [0.29, 0.717) is 17.6 Å². The fourth-order valence-corrected chi connectivity index (χ4v) is 5.12. The average molecular weight is 472 g/mol. The molecule has 1 aromatic carbocycles. The van der Waals surface area contributed by atoms with Gasteiger partial charge in [-0.3, -0.25) is 4.79 Å². The highest BCUT2D eigenvalue weighted by atomic mass is 32.2. The van der Waals surface area contributed by atoms with Crippen LogP contribution in [0, 0.1) is 0 Å². The van der Waals surface area contributed by atoms with Crippen LogP contribution in [0.5, 0.6) is 5.75 Å². The Balaban J connectivity index is 1.74. The quantitative estimate of drug-likeness (QED) is 0.571. The molecule has 10 heteroatoms. The van der Waals surface area contributed by atoms with Crippen molar-refractivity contribution in [1.82, 2.24) is 14.9 Å². The molecule has 0 spiro atoms. The number of carbonyl (C=O) groups excluding carboxylic acids is 1. The summed E-state index contributed by atoms with van der Waals surface area (Å²) in [5.41, 5.74) is 3.58. The number of ether oxygens (including phenoxy) is 1. The first-order chi connectivity index (χ1) is 15.7. The Hall–Kier alpha value is -3.01. The molecule has 0 saturated carbocycles. The average Bonchev–Trinajstić information content (AvgIpc) is 3.25. The molecule has 0 unspecified atom stereocenters. The Morgan fingerprint density at radius 1 is 1.33 bits per heavy atom. The Morgan fingerprint density at radius 3 is 2.76 bits per heavy atom. The van der Waals surface area contributed by atoms with Gasteiger partial charge in [-0.15, -0.1) is 0 Å². The third kappa shape index (κ3) is 4.57. The summed E-state index contributed by atoms with van der Waals surface area (Å²) in [5.74, 6) is 0.733. The number of aryl methyl sites for hydroxylation is 1. The maximum Gasteiger partial charge on any atom is 0.285 e. The van der Waals surface area contributed by atoms with Crippen molar-refractivity contribution in [1.29, 1.82) is 0 Å². The van der Waals surface area contributed by atoms with Crippen molar-refractivity contribution in [3.05, 3.63) is 29.5 Å². The molecule has 0 bridgehead atoms. The lowest BCUT2D eigenvalue weighted by Crippen LogP contribution is -2.46. The summed E-state index contributed by atoms with van der Waals surface area (Å²) in [4.78, 5) is 24.6. The zero-order chi connectivity index (χ0) is 23.8. The number of fused-ring (bicyclic) bond motifs is 1. The van der Waals surface area contributed by atoms with E-state index in [1.54, 1.807) is 19.2 Å². The van der Waals surface area contributed by atoms with E-state index in [-0.39, 0.29) is 23.1 Å². The van der Waals surface area contributed by atoms with E-state index in [9.17, 15) is 13.2 Å². The smallest absolute Gasteiger partial charge is 0.285 e. The topological polar surface area (TPSA) is 105 Å². The fourth-order valence-electron chi connectivity index (χ4n) is 4.07. The molecule has 1 aliphatic heterocycles. The van der Waals surface area contributed by atoms with Crippen molar-refractivity contribution in [3.63, 3.8) is 0 Å². The summed E-state index contributed by atoms with van der Waals surface area (Å²) in [5, 5.41) is 0. The number of rotatable bonds is 7. The predicted molar refractivity (Wildman–Crippen MR) is 126 cm³/mol. The van der Waals surface area contributed by atoms with Gasteiger partial charge in [-0.1, -0.05) is 0 Å². The number of amides is 1. The van der Waals surface area contributed by atoms with Crippen LogP contribution in [0.1, 0.15) is 37.9 Å². The van der Waals surface area contributed by atoms with Crippen LogP contribution in [-0.2, 0) is 27.7 Å². The van der Waals surface area contributed by atoms with Gasteiger partial charge in [0.2, 0.25) is 11.9 Å². The van der Waals surface area contributed by atoms with Gasteiger partial charge in [0.1, 0.15) is 10.6 Å². The minimum Gasteiger partial charge on any atom is -0.495 e. The van der Waals surface area contributed by atoms with Crippen LogP contribution in [0.15, 0.2) is 27.5 Å². The van der Waals surface area contributed by atoms with Gasteiger partial charge in [0.05, 0.1) is 19.3 Å². The summed E-state index contributed by atoms with van der Waals surface area (Å²) < 4.78 is 35.2. The van der Waals surface area contributed by atoms with Crippen LogP contribution in [0.25, 0.3) is 11.3 Å². The van der Waals surface area contributed by atoms with E-state index in [1.165, 1.54) is 25.1 Å². The second kappa shape index (κ2) is 9.09. The van der Waals surface area contributed by atoms with Crippen LogP contribution in [0.2, 0.25) is 0 Å². The van der Waals surface area contributed by atoms with Gasteiger partial charge < -0.3 is 14.5 Å². The van der Waals surface area contributed by atoms with E-state index in [2.05, 4.69) is 16.2 Å². The fraction of sp³-hybridized carbons (Fsp3) is 0.478. The number of methoxy groups -OCH3 is 1. The largest absolute Gasteiger partial charge is 0.495 e. The Morgan fingerprint density at radius 2 is 2.12 bits per heavy atom. The molecule has 0 radical (unpaired) electrons. The van der Waals surface area contributed by atoms with Gasteiger partial charge in [0.25, 0.3) is 10.0 Å². The first-order valence-electron chi connectivity index (χ1n) is 11.1. The van der Waals surface area contributed by atoms with Crippen molar-refractivity contribution in [2.45, 2.75) is 50.5 Å². The van der Waals surface area contributed by atoms with Crippen LogP contribution in [-0.4, -0.2) is 68.7 Å². The van der Waals surface area contributed by atoms with Crippen LogP contribution < -0.4 is 9.64 Å². The molecular formula is C23H29N5O4S. The number of benzene rings is 1. The second-order valence-corrected chi connectivity index (χ2v) is 10.1. The molecule has 2 heterocycles. The van der Waals surface area contributed by atoms with Crippen LogP contribution in [0.4, 0.5) is 5.95 Å². The van der Waals surface area contributed by atoms with Crippen molar-refractivity contribution < 1.29 is 17.9 Å². The third-order valence-electron chi connectivity index (χ3n) is 6.32. The van der Waals surface area contributed by atoms with Gasteiger partial charge in [-0.2, -0.15) is 12.8 Å². The number of aromatic nitrogens is 2. The zero-order valence-electron chi connectivity index (χ0n) is 19.4. The number of anilines is 1. The van der Waals surface area contributed by atoms with E-state index in [0.717, 1.165) is 49.2 Å². The molecule has 1 saturated heterocycles. The normalized spacial score (nSPS) is 17.7. The molecule has 2 aliphatic rings. The molecule has 33 heavy (non-hydrogen) atoms. The highest BCUT2D eigenvalue weighted by Gasteiger charge is 2.30. The summed E-state index contributed by atoms with van der Waals surface area (Å²) >= 11 is 0. The van der Waals surface area contributed by atoms with E-state index in [1.807, 2.05) is 6.07 Å². The predicted octanol–water partition coefficient (Wildman–Crippen LogP) is 2.48. The SMILES string of the molecule is COc1ccc(-c2nc(N3CC[C@@H]3C)nc3c2CCC3)cc1S(=O)(=O)N=CCN(C)C(C)=O. The molecule has 1 fully saturated rings. The molecule has 1 atom stereocenters. The first kappa shape index (κ1) is 23.2. The summed E-state index contributed by atoms with van der Waals surface area (Å²) in [7, 11) is -1.04. The molecule has 1 amide bonds. The molecule has 9 nitrogen and oxygen atoms in total. The van der Waals surface area contributed by atoms with E-state index in [4.69, 9.17) is 14.7 Å². The number of hydrogen-bond acceptors (Lipinski definition) is 7. The van der Waals surface area contributed by atoms with Crippen molar-refractivity contribution in [3.8, 4) is 17.0 Å². The van der Waals surface area contributed by atoms with Gasteiger partial charge >= 0.3 is 0 Å². The highest BCUT2D eigenvalue weighted by molar-refractivity contribution is 7.90. The Labute approximate surface area is 194 Å². The summed E-state index contributed by atoms with van der Waals surface area (Å²) in [6, 6.07) is 5.43. The lowest BCUT2D eigenvalue weighted by atomic mass is 10.0. The molecule has 4 rings (SSSR count). The Kier molecular flexibility index (Phi) is 6.38. The minimum atomic E-state index is -4.05. The maximum atomic E-state index is 13.0. The number of hydrogen-bond donors (Lipinski definition) is 0. The second-order valence-electron chi connectivity index (χ2n) is 8.51. The molecule has 1 aliphatic carbocycles. The van der Waals surface area contributed by atoms with E-state index >= 15 is 0 Å². The lowest BCUT2D eigenvalue weighted by molar-refractivity contribution is -0.126. The minimum absolute atomic E-state index is 0.0338. The molecular weight excluding hydrogens is 442 g/mol. The standard InChI is InChI=1S/C23H29N5O4S/c1-15-10-12-28(15)23-25-19-7-5-6-18(19)22(26-23)17-8-9-20(32-4)21(14-17)33(30,31)24-11-13-27(3)16(2)29/h8-9,11,14-15H,5-7,10,12-13H2,1-4H3/t15-/m0/s1. The van der Waals surface area contributed by atoms with Crippen LogP contribution >= 0.6 is 0 Å². The summed E-state index contributed by atoms with van der Waals surface area (Å²) in [6.45, 7) is 4.57.